The van der Waals surface area contributed by atoms with Gasteiger partial charge in [-0.3, -0.25) is 0 Å². The number of hydrogen-bond acceptors (Lipinski definition) is 3. The topological polar surface area (TPSA) is 32.7 Å². The van der Waals surface area contributed by atoms with Crippen LogP contribution in [0, 0.1) is 0 Å². The molecule has 3 aromatic rings. The van der Waals surface area contributed by atoms with Gasteiger partial charge in [0.05, 0.1) is 0 Å². The van der Waals surface area contributed by atoms with E-state index in [4.69, 9.17) is 4.74 Å². The first-order chi connectivity index (χ1) is 15.2. The predicted octanol–water partition coefficient (Wildman–Crippen LogP) is 6.48. The lowest BCUT2D eigenvalue weighted by Gasteiger charge is -2.19. The fourth-order valence-electron chi connectivity index (χ4n) is 3.89. The Kier molecular flexibility index (Phi) is 8.31. The summed E-state index contributed by atoms with van der Waals surface area (Å²) in [6.45, 7) is 10.2. The van der Waals surface area contributed by atoms with Crippen LogP contribution in [0.3, 0.4) is 0 Å². The van der Waals surface area contributed by atoms with Gasteiger partial charge in [-0.1, -0.05) is 75.4 Å². The average molecular weight is 416 g/mol. The van der Waals surface area contributed by atoms with Crippen LogP contribution in [0.5, 0.6) is 11.5 Å². The minimum Gasteiger partial charge on any atom is -0.508 e. The third kappa shape index (κ3) is 5.99. The number of nitrogens with zero attached hydrogens (tertiary/aromatic N) is 1. The fourth-order valence-corrected chi connectivity index (χ4v) is 3.89. The first-order valence-electron chi connectivity index (χ1n) is 11.2. The Hall–Kier alpha value is -3.04. The van der Waals surface area contributed by atoms with Crippen molar-refractivity contribution in [2.75, 3.05) is 26.2 Å². The number of benzene rings is 3. The molecule has 1 N–H and O–H groups in total. The molecule has 0 heterocycles. The lowest BCUT2D eigenvalue weighted by molar-refractivity contribution is 0.223. The third-order valence-electron chi connectivity index (χ3n) is 5.63. The Morgan fingerprint density at radius 1 is 0.774 bits per heavy atom. The Labute approximate surface area is 186 Å². The van der Waals surface area contributed by atoms with Crippen molar-refractivity contribution in [3.8, 4) is 11.5 Å². The van der Waals surface area contributed by atoms with Gasteiger partial charge in [-0.25, -0.2) is 0 Å². The molecule has 0 aromatic heterocycles. The van der Waals surface area contributed by atoms with Crippen LogP contribution in [0.1, 0.15) is 43.9 Å². The summed E-state index contributed by atoms with van der Waals surface area (Å²) in [4.78, 5) is 2.35. The third-order valence-corrected chi connectivity index (χ3v) is 5.63. The van der Waals surface area contributed by atoms with Gasteiger partial charge in [0.2, 0.25) is 0 Å². The van der Waals surface area contributed by atoms with Crippen LogP contribution >= 0.6 is 0 Å². The molecule has 0 atom stereocenters. The zero-order valence-electron chi connectivity index (χ0n) is 18.8. The Morgan fingerprint density at radius 2 is 1.45 bits per heavy atom. The maximum atomic E-state index is 10.1. The van der Waals surface area contributed by atoms with Crippen molar-refractivity contribution in [1.82, 2.24) is 4.90 Å². The van der Waals surface area contributed by atoms with Crippen LogP contribution in [0.4, 0.5) is 0 Å². The number of rotatable bonds is 10. The number of phenols is 1. The zero-order valence-corrected chi connectivity index (χ0v) is 18.8. The van der Waals surface area contributed by atoms with E-state index in [1.807, 2.05) is 30.3 Å². The van der Waals surface area contributed by atoms with Gasteiger partial charge in [0, 0.05) is 6.54 Å². The van der Waals surface area contributed by atoms with E-state index < -0.39 is 0 Å². The van der Waals surface area contributed by atoms with Crippen LogP contribution in [-0.2, 0) is 0 Å². The van der Waals surface area contributed by atoms with Crippen molar-refractivity contribution in [3.63, 3.8) is 0 Å². The van der Waals surface area contributed by atoms with Crippen molar-refractivity contribution < 1.29 is 9.84 Å². The van der Waals surface area contributed by atoms with Crippen molar-refractivity contribution in [2.24, 2.45) is 0 Å². The number of phenolic OH excluding ortho intramolecular Hbond substituents is 1. The molecule has 0 radical (unpaired) electrons. The van der Waals surface area contributed by atoms with Gasteiger partial charge < -0.3 is 14.7 Å². The van der Waals surface area contributed by atoms with Gasteiger partial charge in [0.1, 0.15) is 18.1 Å². The second kappa shape index (κ2) is 11.4. The Balaban J connectivity index is 1.94. The smallest absolute Gasteiger partial charge is 0.119 e. The predicted molar refractivity (Wildman–Crippen MR) is 130 cm³/mol. The molecule has 0 aliphatic rings. The number of aromatic hydroxyl groups is 1. The zero-order chi connectivity index (χ0) is 22.1. The van der Waals surface area contributed by atoms with Crippen molar-refractivity contribution in [1.29, 1.82) is 0 Å². The minimum absolute atomic E-state index is 0.273. The molecule has 0 amide bonds. The number of likely N-dealkylation sites (N-methyl/N-ethyl adjacent to an activating group) is 1. The van der Waals surface area contributed by atoms with Crippen LogP contribution in [-0.4, -0.2) is 36.2 Å². The SMILES string of the molecule is CC/C(=C(/c1ccc(OCCN(CC)CC)cc1)c1cccc(O)c1)c1ccccc1. The van der Waals surface area contributed by atoms with Gasteiger partial charge in [-0.2, -0.15) is 0 Å². The molecule has 0 aliphatic carbocycles. The Morgan fingerprint density at radius 3 is 2.06 bits per heavy atom. The Bertz CT molecular complexity index is 973. The second-order valence-corrected chi connectivity index (χ2v) is 7.52. The molecule has 0 aliphatic heterocycles. The normalized spacial score (nSPS) is 12.0. The molecule has 0 saturated carbocycles. The van der Waals surface area contributed by atoms with Crippen LogP contribution < -0.4 is 4.74 Å². The fraction of sp³-hybridized carbons (Fsp3) is 0.286. The maximum absolute atomic E-state index is 10.1. The molecule has 0 spiro atoms. The number of hydrogen-bond donors (Lipinski definition) is 1. The summed E-state index contributed by atoms with van der Waals surface area (Å²) in [6.07, 6.45) is 0.886. The molecule has 0 bridgehead atoms. The monoisotopic (exact) mass is 415 g/mol. The van der Waals surface area contributed by atoms with Gasteiger partial charge in [-0.15, -0.1) is 0 Å². The van der Waals surface area contributed by atoms with E-state index in [2.05, 4.69) is 68.1 Å². The maximum Gasteiger partial charge on any atom is 0.119 e. The highest BCUT2D eigenvalue weighted by Gasteiger charge is 2.14. The minimum atomic E-state index is 0.273. The molecule has 162 valence electrons. The summed E-state index contributed by atoms with van der Waals surface area (Å²) >= 11 is 0. The van der Waals surface area contributed by atoms with E-state index in [1.165, 1.54) is 11.1 Å². The highest BCUT2D eigenvalue weighted by Crippen LogP contribution is 2.36. The highest BCUT2D eigenvalue weighted by molar-refractivity contribution is 5.98. The van der Waals surface area contributed by atoms with E-state index in [-0.39, 0.29) is 5.75 Å². The summed E-state index contributed by atoms with van der Waals surface area (Å²) in [5.41, 5.74) is 5.71. The molecular weight excluding hydrogens is 382 g/mol. The lowest BCUT2D eigenvalue weighted by atomic mass is 9.88. The summed E-state index contributed by atoms with van der Waals surface area (Å²) in [7, 11) is 0. The standard InChI is InChI=1S/C28H33NO2/c1-4-27(22-11-8-7-9-12-22)28(24-13-10-14-25(30)21-24)23-15-17-26(18-16-23)31-20-19-29(5-2)6-3/h7-18,21,30H,4-6,19-20H2,1-3H3/b28-27+. The van der Waals surface area contributed by atoms with E-state index in [0.717, 1.165) is 48.5 Å². The van der Waals surface area contributed by atoms with Gasteiger partial charge in [0.15, 0.2) is 0 Å². The summed E-state index contributed by atoms with van der Waals surface area (Å²) in [6, 6.07) is 26.3. The molecular formula is C28H33NO2. The molecule has 3 aromatic carbocycles. The number of ether oxygens (including phenoxy) is 1. The molecule has 31 heavy (non-hydrogen) atoms. The molecule has 0 saturated heterocycles. The van der Waals surface area contributed by atoms with Crippen LogP contribution in [0.15, 0.2) is 78.9 Å². The first kappa shape index (κ1) is 22.6. The summed E-state index contributed by atoms with van der Waals surface area (Å²) in [5.74, 6) is 1.15. The quantitative estimate of drug-likeness (QED) is 0.385. The van der Waals surface area contributed by atoms with Gasteiger partial charge in [-0.05, 0) is 71.6 Å². The van der Waals surface area contributed by atoms with Crippen molar-refractivity contribution in [3.05, 3.63) is 95.6 Å². The van der Waals surface area contributed by atoms with Crippen molar-refractivity contribution in [2.45, 2.75) is 27.2 Å². The molecule has 0 unspecified atom stereocenters. The van der Waals surface area contributed by atoms with E-state index >= 15 is 0 Å². The first-order valence-corrected chi connectivity index (χ1v) is 11.2. The van der Waals surface area contributed by atoms with Gasteiger partial charge in [0.25, 0.3) is 0 Å². The number of allylic oxidation sites excluding steroid dienone is 1. The average Bonchev–Trinajstić information content (AvgIpc) is 2.81. The largest absolute Gasteiger partial charge is 0.508 e. The summed E-state index contributed by atoms with van der Waals surface area (Å²) in [5, 5.41) is 10.1. The highest BCUT2D eigenvalue weighted by atomic mass is 16.5. The van der Waals surface area contributed by atoms with Crippen LogP contribution in [0.2, 0.25) is 0 Å². The van der Waals surface area contributed by atoms with Gasteiger partial charge >= 0.3 is 0 Å². The molecule has 0 fully saturated rings. The van der Waals surface area contributed by atoms with E-state index in [9.17, 15) is 5.11 Å². The van der Waals surface area contributed by atoms with Crippen molar-refractivity contribution >= 4 is 11.1 Å². The van der Waals surface area contributed by atoms with E-state index in [1.54, 1.807) is 6.07 Å². The second-order valence-electron chi connectivity index (χ2n) is 7.52. The molecule has 3 nitrogen and oxygen atoms in total. The van der Waals surface area contributed by atoms with E-state index in [0.29, 0.717) is 6.61 Å². The van der Waals surface area contributed by atoms with Crippen LogP contribution in [0.25, 0.3) is 11.1 Å². The molecule has 3 heteroatoms. The lowest BCUT2D eigenvalue weighted by Crippen LogP contribution is -2.27. The molecule has 3 rings (SSSR count). The summed E-state index contributed by atoms with van der Waals surface area (Å²) < 4.78 is 5.97.